The highest BCUT2D eigenvalue weighted by atomic mass is 16.5. The van der Waals surface area contributed by atoms with Gasteiger partial charge in [-0.3, -0.25) is 9.59 Å². The van der Waals surface area contributed by atoms with E-state index in [4.69, 9.17) is 9.26 Å². The minimum absolute atomic E-state index is 0.0473. The molecular weight excluding hydrogens is 334 g/mol. The Kier molecular flexibility index (Phi) is 5.55. The van der Waals surface area contributed by atoms with Gasteiger partial charge in [0.05, 0.1) is 5.69 Å². The van der Waals surface area contributed by atoms with Gasteiger partial charge in [-0.05, 0) is 24.5 Å². The molecular formula is C19H23N3O4. The molecule has 1 atom stereocenters. The zero-order valence-corrected chi connectivity index (χ0v) is 15.0. The number of nitrogens with one attached hydrogen (secondary N) is 1. The Labute approximate surface area is 152 Å². The monoisotopic (exact) mass is 357 g/mol. The molecule has 1 fully saturated rings. The zero-order chi connectivity index (χ0) is 18.5. The first-order chi connectivity index (χ1) is 12.5. The van der Waals surface area contributed by atoms with Crippen molar-refractivity contribution < 1.29 is 18.8 Å². The van der Waals surface area contributed by atoms with Crippen molar-refractivity contribution in [3.63, 3.8) is 0 Å². The first kappa shape index (κ1) is 18.0. The fourth-order valence-electron chi connectivity index (χ4n) is 2.82. The predicted molar refractivity (Wildman–Crippen MR) is 95.0 cm³/mol. The summed E-state index contributed by atoms with van der Waals surface area (Å²) in [5, 5.41) is 6.82. The number of aromatic nitrogens is 1. The van der Waals surface area contributed by atoms with Gasteiger partial charge in [0.25, 0.3) is 11.8 Å². The van der Waals surface area contributed by atoms with Gasteiger partial charge in [-0.15, -0.1) is 0 Å². The molecule has 0 aliphatic carbocycles. The summed E-state index contributed by atoms with van der Waals surface area (Å²) >= 11 is 0. The van der Waals surface area contributed by atoms with Crippen molar-refractivity contribution in [2.45, 2.75) is 32.2 Å². The number of hydrogen-bond acceptors (Lipinski definition) is 5. The number of carbonyl (C=O) groups is 2. The third kappa shape index (κ3) is 4.41. The van der Waals surface area contributed by atoms with E-state index in [0.717, 1.165) is 5.69 Å². The van der Waals surface area contributed by atoms with Crippen molar-refractivity contribution in [1.29, 1.82) is 0 Å². The van der Waals surface area contributed by atoms with Crippen LogP contribution in [0.5, 0.6) is 5.75 Å². The number of rotatable bonds is 6. The summed E-state index contributed by atoms with van der Waals surface area (Å²) in [5.74, 6) is 0.706. The Balaban J connectivity index is 1.47. The summed E-state index contributed by atoms with van der Waals surface area (Å²) in [5.41, 5.74) is 0.760. The molecule has 0 bridgehead atoms. The highest BCUT2D eigenvalue weighted by Crippen LogP contribution is 2.18. The molecule has 1 aromatic heterocycles. The molecule has 1 aromatic carbocycles. The molecule has 0 spiro atoms. The molecule has 2 amide bonds. The minimum Gasteiger partial charge on any atom is -0.484 e. The summed E-state index contributed by atoms with van der Waals surface area (Å²) in [6.07, 6.45) is 0.702. The molecule has 138 valence electrons. The lowest BCUT2D eigenvalue weighted by atomic mass is 10.1. The molecule has 7 heteroatoms. The fraction of sp³-hybridized carbons (Fsp3) is 0.421. The Morgan fingerprint density at radius 2 is 2.12 bits per heavy atom. The Morgan fingerprint density at radius 1 is 1.35 bits per heavy atom. The van der Waals surface area contributed by atoms with Crippen molar-refractivity contribution >= 4 is 11.8 Å². The molecule has 2 aromatic rings. The van der Waals surface area contributed by atoms with E-state index in [1.54, 1.807) is 23.1 Å². The highest BCUT2D eigenvalue weighted by Gasteiger charge is 2.30. The second kappa shape index (κ2) is 8.03. The van der Waals surface area contributed by atoms with Crippen LogP contribution in [0.3, 0.4) is 0 Å². The van der Waals surface area contributed by atoms with E-state index in [9.17, 15) is 9.59 Å². The lowest BCUT2D eigenvalue weighted by Gasteiger charge is -2.15. The Morgan fingerprint density at radius 3 is 2.81 bits per heavy atom. The van der Waals surface area contributed by atoms with E-state index in [1.807, 2.05) is 32.0 Å². The van der Waals surface area contributed by atoms with Gasteiger partial charge in [-0.1, -0.05) is 37.2 Å². The van der Waals surface area contributed by atoms with Gasteiger partial charge in [0.2, 0.25) is 5.76 Å². The number of amides is 2. The number of nitrogens with zero attached hydrogens (tertiary/aromatic N) is 2. The van der Waals surface area contributed by atoms with E-state index >= 15 is 0 Å². The van der Waals surface area contributed by atoms with Gasteiger partial charge in [-0.25, -0.2) is 0 Å². The quantitative estimate of drug-likeness (QED) is 0.857. The van der Waals surface area contributed by atoms with E-state index < -0.39 is 0 Å². The van der Waals surface area contributed by atoms with Crippen LogP contribution >= 0.6 is 0 Å². The van der Waals surface area contributed by atoms with Crippen molar-refractivity contribution in [2.75, 3.05) is 19.7 Å². The van der Waals surface area contributed by atoms with Crippen LogP contribution in [0.2, 0.25) is 0 Å². The molecule has 1 saturated heterocycles. The second-order valence-electron chi connectivity index (χ2n) is 6.68. The Hall–Kier alpha value is -2.83. The summed E-state index contributed by atoms with van der Waals surface area (Å²) in [6.45, 7) is 4.96. The van der Waals surface area contributed by atoms with Crippen LogP contribution in [0.15, 0.2) is 40.9 Å². The summed E-state index contributed by atoms with van der Waals surface area (Å²) in [6, 6.07) is 10.8. The van der Waals surface area contributed by atoms with Crippen LogP contribution in [0.1, 0.15) is 42.4 Å². The van der Waals surface area contributed by atoms with Crippen LogP contribution < -0.4 is 10.1 Å². The maximum Gasteiger partial charge on any atom is 0.292 e. The number of benzene rings is 1. The normalized spacial score (nSPS) is 16.7. The average Bonchev–Trinajstić information content (AvgIpc) is 3.30. The smallest absolute Gasteiger partial charge is 0.292 e. The molecule has 1 N–H and O–H groups in total. The van der Waals surface area contributed by atoms with Crippen LogP contribution in [0.25, 0.3) is 0 Å². The molecule has 1 aliphatic heterocycles. The van der Waals surface area contributed by atoms with E-state index in [2.05, 4.69) is 10.5 Å². The molecule has 2 heterocycles. The average molecular weight is 357 g/mol. The largest absolute Gasteiger partial charge is 0.484 e. The van der Waals surface area contributed by atoms with Gasteiger partial charge in [0.15, 0.2) is 6.61 Å². The molecule has 1 aliphatic rings. The molecule has 1 unspecified atom stereocenters. The zero-order valence-electron chi connectivity index (χ0n) is 15.0. The number of likely N-dealkylation sites (tertiary alicyclic amines) is 1. The fourth-order valence-corrected chi connectivity index (χ4v) is 2.82. The molecule has 0 saturated carbocycles. The van der Waals surface area contributed by atoms with Gasteiger partial charge in [0, 0.05) is 25.2 Å². The van der Waals surface area contributed by atoms with Crippen molar-refractivity contribution in [1.82, 2.24) is 15.4 Å². The van der Waals surface area contributed by atoms with Crippen LogP contribution in [0.4, 0.5) is 0 Å². The van der Waals surface area contributed by atoms with Crippen molar-refractivity contribution in [3.8, 4) is 5.75 Å². The van der Waals surface area contributed by atoms with E-state index in [-0.39, 0.29) is 36.1 Å². The number of para-hydroxylation sites is 1. The SMILES string of the molecule is CC(C)c1cc(C(=O)N2CCC(NC(=O)COc3ccccc3)C2)on1. The molecule has 0 radical (unpaired) electrons. The lowest BCUT2D eigenvalue weighted by Crippen LogP contribution is -2.40. The maximum atomic E-state index is 12.5. The number of carbonyl (C=O) groups excluding carboxylic acids is 2. The summed E-state index contributed by atoms with van der Waals surface area (Å²) in [7, 11) is 0. The second-order valence-corrected chi connectivity index (χ2v) is 6.68. The predicted octanol–water partition coefficient (Wildman–Crippen LogP) is 2.21. The topological polar surface area (TPSA) is 84.7 Å². The van der Waals surface area contributed by atoms with Gasteiger partial charge in [0.1, 0.15) is 5.75 Å². The lowest BCUT2D eigenvalue weighted by molar-refractivity contribution is -0.123. The third-order valence-electron chi connectivity index (χ3n) is 4.28. The first-order valence-corrected chi connectivity index (χ1v) is 8.76. The van der Waals surface area contributed by atoms with Gasteiger partial charge >= 0.3 is 0 Å². The van der Waals surface area contributed by atoms with Crippen LogP contribution in [-0.2, 0) is 4.79 Å². The molecule has 7 nitrogen and oxygen atoms in total. The van der Waals surface area contributed by atoms with Crippen molar-refractivity contribution in [3.05, 3.63) is 47.9 Å². The number of ether oxygens (including phenoxy) is 1. The summed E-state index contributed by atoms with van der Waals surface area (Å²) in [4.78, 5) is 26.2. The van der Waals surface area contributed by atoms with E-state index in [1.165, 1.54) is 0 Å². The highest BCUT2D eigenvalue weighted by molar-refractivity contribution is 5.91. The van der Waals surface area contributed by atoms with Crippen molar-refractivity contribution in [2.24, 2.45) is 0 Å². The minimum atomic E-state index is -0.199. The molecule has 3 rings (SSSR count). The van der Waals surface area contributed by atoms with E-state index in [0.29, 0.717) is 25.3 Å². The Bertz CT molecular complexity index is 757. The van der Waals surface area contributed by atoms with Crippen LogP contribution in [0, 0.1) is 0 Å². The van der Waals surface area contributed by atoms with Crippen LogP contribution in [-0.4, -0.2) is 47.6 Å². The first-order valence-electron chi connectivity index (χ1n) is 8.76. The standard InChI is InChI=1S/C19H23N3O4/c1-13(2)16-10-17(26-21-16)19(24)22-9-8-14(11-22)20-18(23)12-25-15-6-4-3-5-7-15/h3-7,10,13-14H,8-9,11-12H2,1-2H3,(H,20,23). The van der Waals surface area contributed by atoms with Gasteiger partial charge in [-0.2, -0.15) is 0 Å². The number of hydrogen-bond donors (Lipinski definition) is 1. The van der Waals surface area contributed by atoms with Gasteiger partial charge < -0.3 is 19.5 Å². The molecule has 26 heavy (non-hydrogen) atoms. The summed E-state index contributed by atoms with van der Waals surface area (Å²) < 4.78 is 10.6. The maximum absolute atomic E-state index is 12.5. The third-order valence-corrected chi connectivity index (χ3v) is 4.28.